The molecular weight excluding hydrogens is 222 g/mol. The summed E-state index contributed by atoms with van der Waals surface area (Å²) in [4.78, 5) is 4.55. The largest absolute Gasteiger partial charge is 0.480 e. The summed E-state index contributed by atoms with van der Waals surface area (Å²) in [6.45, 7) is 10.9. The van der Waals surface area contributed by atoms with Crippen LogP contribution in [0.2, 0.25) is 0 Å². The molecule has 0 saturated heterocycles. The Morgan fingerprint density at radius 2 is 1.89 bits per heavy atom. The molecule has 2 unspecified atom stereocenters. The zero-order valence-corrected chi connectivity index (χ0v) is 12.0. The molecule has 0 saturated carbocycles. The molecule has 0 aromatic heterocycles. The van der Waals surface area contributed by atoms with E-state index in [0.717, 1.165) is 17.9 Å². The van der Waals surface area contributed by atoms with E-state index in [4.69, 9.17) is 4.74 Å². The zero-order valence-electron chi connectivity index (χ0n) is 12.0. The molecule has 2 aliphatic rings. The van der Waals surface area contributed by atoms with E-state index in [-0.39, 0.29) is 11.0 Å². The Labute approximate surface area is 110 Å². The topological polar surface area (TPSA) is 21.6 Å². The Hall–Kier alpha value is -1.31. The van der Waals surface area contributed by atoms with Crippen LogP contribution in [0.25, 0.3) is 0 Å². The smallest absolute Gasteiger partial charge is 0.145 e. The average Bonchev–Trinajstić information content (AvgIpc) is 2.50. The maximum Gasteiger partial charge on any atom is 0.145 e. The molecule has 0 aromatic carbocycles. The summed E-state index contributed by atoms with van der Waals surface area (Å²) in [6.07, 6.45) is 11.5. The molecule has 2 heteroatoms. The van der Waals surface area contributed by atoms with E-state index in [9.17, 15) is 0 Å². The lowest BCUT2D eigenvalue weighted by Gasteiger charge is -2.29. The first-order chi connectivity index (χ1) is 8.38. The fourth-order valence-electron chi connectivity index (χ4n) is 1.96. The quantitative estimate of drug-likeness (QED) is 0.712. The average molecular weight is 245 g/mol. The SMILES string of the molecule is CCC1(C)C=NC2=C(C=CC(C)(C(C)C)C=C2)O1. The molecule has 0 bridgehead atoms. The second-order valence-corrected chi connectivity index (χ2v) is 5.96. The standard InChI is InChI=1S/C16H23NO/c1-6-16(5)11-17-13-7-9-15(4,12(2)3)10-8-14(13)18-16/h7-12H,6H2,1-5H3. The van der Waals surface area contributed by atoms with Gasteiger partial charge in [-0.05, 0) is 31.4 Å². The van der Waals surface area contributed by atoms with Crippen LogP contribution in [-0.4, -0.2) is 11.8 Å². The summed E-state index contributed by atoms with van der Waals surface area (Å²) in [6, 6.07) is 0. The number of hydrogen-bond donors (Lipinski definition) is 0. The second-order valence-electron chi connectivity index (χ2n) is 5.96. The fourth-order valence-corrected chi connectivity index (χ4v) is 1.96. The van der Waals surface area contributed by atoms with Gasteiger partial charge in [-0.25, -0.2) is 0 Å². The highest BCUT2D eigenvalue weighted by molar-refractivity contribution is 5.72. The van der Waals surface area contributed by atoms with Crippen LogP contribution < -0.4 is 0 Å². The first-order valence-electron chi connectivity index (χ1n) is 6.75. The highest BCUT2D eigenvalue weighted by atomic mass is 16.5. The number of aliphatic imine (C=N–C) groups is 1. The van der Waals surface area contributed by atoms with Crippen molar-refractivity contribution in [1.82, 2.24) is 0 Å². The molecular formula is C16H23NO. The number of allylic oxidation sites excluding steroid dienone is 4. The summed E-state index contributed by atoms with van der Waals surface area (Å²) in [7, 11) is 0. The highest BCUT2D eigenvalue weighted by Crippen LogP contribution is 2.36. The van der Waals surface area contributed by atoms with Gasteiger partial charge in [-0.2, -0.15) is 0 Å². The number of hydrogen-bond acceptors (Lipinski definition) is 2. The van der Waals surface area contributed by atoms with Gasteiger partial charge in [0.25, 0.3) is 0 Å². The first kappa shape index (κ1) is 13.1. The summed E-state index contributed by atoms with van der Waals surface area (Å²) >= 11 is 0. The van der Waals surface area contributed by atoms with Crippen LogP contribution in [0.15, 0.2) is 40.8 Å². The molecule has 1 heterocycles. The van der Waals surface area contributed by atoms with Crippen LogP contribution in [0, 0.1) is 11.3 Å². The minimum Gasteiger partial charge on any atom is -0.480 e. The Morgan fingerprint density at radius 3 is 2.50 bits per heavy atom. The molecule has 0 N–H and O–H groups in total. The predicted octanol–water partition coefficient (Wildman–Crippen LogP) is 4.26. The van der Waals surface area contributed by atoms with Gasteiger partial charge < -0.3 is 4.74 Å². The van der Waals surface area contributed by atoms with Crippen molar-refractivity contribution in [3.05, 3.63) is 35.8 Å². The van der Waals surface area contributed by atoms with E-state index in [1.54, 1.807) is 0 Å². The summed E-state index contributed by atoms with van der Waals surface area (Å²) in [5.41, 5.74) is 0.732. The van der Waals surface area contributed by atoms with Crippen LogP contribution in [0.1, 0.15) is 41.0 Å². The van der Waals surface area contributed by atoms with Gasteiger partial charge in [-0.1, -0.05) is 39.8 Å². The van der Waals surface area contributed by atoms with Crippen LogP contribution >= 0.6 is 0 Å². The van der Waals surface area contributed by atoms with Gasteiger partial charge in [0.15, 0.2) is 0 Å². The van der Waals surface area contributed by atoms with E-state index in [1.165, 1.54) is 0 Å². The third-order valence-corrected chi connectivity index (χ3v) is 4.21. The van der Waals surface area contributed by atoms with Crippen molar-refractivity contribution in [2.24, 2.45) is 16.3 Å². The van der Waals surface area contributed by atoms with Gasteiger partial charge in [-0.15, -0.1) is 0 Å². The van der Waals surface area contributed by atoms with E-state index in [0.29, 0.717) is 5.92 Å². The lowest BCUT2D eigenvalue weighted by molar-refractivity contribution is 0.0824. The number of nitrogens with zero attached hydrogens (tertiary/aromatic N) is 1. The van der Waals surface area contributed by atoms with Crippen molar-refractivity contribution in [3.63, 3.8) is 0 Å². The maximum absolute atomic E-state index is 6.07. The molecule has 2 rings (SSSR count). The lowest BCUT2D eigenvalue weighted by atomic mass is 9.79. The molecule has 0 radical (unpaired) electrons. The van der Waals surface area contributed by atoms with E-state index in [1.807, 2.05) is 6.21 Å². The van der Waals surface area contributed by atoms with Crippen LogP contribution in [0.4, 0.5) is 0 Å². The summed E-state index contributed by atoms with van der Waals surface area (Å²) in [5.74, 6) is 1.44. The molecule has 98 valence electrons. The Bertz CT molecular complexity index is 456. The van der Waals surface area contributed by atoms with Gasteiger partial charge >= 0.3 is 0 Å². The van der Waals surface area contributed by atoms with E-state index in [2.05, 4.69) is 63.9 Å². The Kier molecular flexibility index (Phi) is 3.22. The molecule has 0 aromatic rings. The van der Waals surface area contributed by atoms with E-state index >= 15 is 0 Å². The summed E-state index contributed by atoms with van der Waals surface area (Å²) in [5, 5.41) is 0. The Balaban J connectivity index is 2.32. The molecule has 18 heavy (non-hydrogen) atoms. The molecule has 1 aliphatic carbocycles. The number of rotatable bonds is 2. The van der Waals surface area contributed by atoms with Crippen molar-refractivity contribution in [2.45, 2.75) is 46.6 Å². The Morgan fingerprint density at radius 1 is 1.22 bits per heavy atom. The van der Waals surface area contributed by atoms with Crippen LogP contribution in [0.3, 0.4) is 0 Å². The third kappa shape index (κ3) is 2.29. The molecule has 0 fully saturated rings. The highest BCUT2D eigenvalue weighted by Gasteiger charge is 2.30. The van der Waals surface area contributed by atoms with Gasteiger partial charge in [0.2, 0.25) is 0 Å². The second kappa shape index (κ2) is 4.42. The molecule has 2 atom stereocenters. The molecule has 2 nitrogen and oxygen atoms in total. The zero-order chi connectivity index (χ0) is 13.4. The lowest BCUT2D eigenvalue weighted by Crippen LogP contribution is -2.31. The minimum absolute atomic E-state index is 0.0683. The van der Waals surface area contributed by atoms with Gasteiger partial charge in [0.1, 0.15) is 17.1 Å². The third-order valence-electron chi connectivity index (χ3n) is 4.21. The molecule has 0 spiro atoms. The monoisotopic (exact) mass is 245 g/mol. The molecule has 0 amide bonds. The maximum atomic E-state index is 6.07. The van der Waals surface area contributed by atoms with Crippen molar-refractivity contribution < 1.29 is 4.74 Å². The van der Waals surface area contributed by atoms with Crippen molar-refractivity contribution in [2.75, 3.05) is 0 Å². The van der Waals surface area contributed by atoms with Crippen molar-refractivity contribution in [1.29, 1.82) is 0 Å². The fraction of sp³-hybridized carbons (Fsp3) is 0.562. The minimum atomic E-state index is -0.268. The summed E-state index contributed by atoms with van der Waals surface area (Å²) < 4.78 is 6.07. The van der Waals surface area contributed by atoms with Crippen LogP contribution in [0.5, 0.6) is 0 Å². The van der Waals surface area contributed by atoms with Gasteiger partial charge in [-0.3, -0.25) is 4.99 Å². The van der Waals surface area contributed by atoms with Gasteiger partial charge in [0, 0.05) is 11.6 Å². The predicted molar refractivity (Wildman–Crippen MR) is 76.5 cm³/mol. The first-order valence-corrected chi connectivity index (χ1v) is 6.75. The van der Waals surface area contributed by atoms with E-state index < -0.39 is 0 Å². The normalized spacial score (nSPS) is 34.6. The molecule has 1 aliphatic heterocycles. The van der Waals surface area contributed by atoms with Crippen molar-refractivity contribution in [3.8, 4) is 0 Å². The van der Waals surface area contributed by atoms with Crippen LogP contribution in [-0.2, 0) is 4.74 Å². The van der Waals surface area contributed by atoms with Gasteiger partial charge in [0.05, 0.1) is 0 Å². The van der Waals surface area contributed by atoms with Crippen molar-refractivity contribution >= 4 is 6.21 Å². The number of ether oxygens (including phenoxy) is 1.